The van der Waals surface area contributed by atoms with E-state index in [1.165, 1.54) is 19.1 Å². The molecule has 0 aliphatic heterocycles. The van der Waals surface area contributed by atoms with Crippen LogP contribution in [0.2, 0.25) is 0 Å². The van der Waals surface area contributed by atoms with Crippen molar-refractivity contribution in [3.63, 3.8) is 0 Å². The first-order valence-corrected chi connectivity index (χ1v) is 3.67. The second kappa shape index (κ2) is 2.71. The number of nitrogens with zero attached hydrogens (tertiary/aromatic N) is 1. The quantitative estimate of drug-likeness (QED) is 0.468. The fourth-order valence-corrected chi connectivity index (χ4v) is 1.15. The van der Waals surface area contributed by atoms with Crippen LogP contribution in [0.4, 0.5) is 0 Å². The molecule has 0 saturated carbocycles. The van der Waals surface area contributed by atoms with Crippen molar-refractivity contribution in [2.24, 2.45) is 0 Å². The maximum Gasteiger partial charge on any atom is 0.263 e. The van der Waals surface area contributed by atoms with Crippen molar-refractivity contribution in [2.45, 2.75) is 25.5 Å². The highest BCUT2D eigenvalue weighted by atomic mass is 16.6. The van der Waals surface area contributed by atoms with Gasteiger partial charge < -0.3 is 5.11 Å². The van der Waals surface area contributed by atoms with Gasteiger partial charge in [-0.15, -0.1) is 0 Å². The summed E-state index contributed by atoms with van der Waals surface area (Å²) in [6.45, 7) is 3.20. The van der Waals surface area contributed by atoms with E-state index in [0.717, 1.165) is 5.57 Å². The van der Waals surface area contributed by atoms with Gasteiger partial charge in [0, 0.05) is 4.92 Å². The second-order valence-electron chi connectivity index (χ2n) is 3.20. The summed E-state index contributed by atoms with van der Waals surface area (Å²) in [5.74, 6) is 0. The molecule has 0 heterocycles. The van der Waals surface area contributed by atoms with Gasteiger partial charge in [0.15, 0.2) is 5.60 Å². The van der Waals surface area contributed by atoms with Gasteiger partial charge in [-0.3, -0.25) is 10.1 Å². The third kappa shape index (κ3) is 1.53. The molecule has 2 unspecified atom stereocenters. The van der Waals surface area contributed by atoms with Crippen LogP contribution in [-0.2, 0) is 0 Å². The van der Waals surface area contributed by atoms with Crippen molar-refractivity contribution in [3.8, 4) is 0 Å². The van der Waals surface area contributed by atoms with E-state index in [0.29, 0.717) is 0 Å². The average Bonchev–Trinajstić information content (AvgIpc) is 1.94. The summed E-state index contributed by atoms with van der Waals surface area (Å²) in [5, 5.41) is 20.0. The third-order valence-electron chi connectivity index (χ3n) is 1.93. The minimum atomic E-state index is -1.36. The van der Waals surface area contributed by atoms with Crippen LogP contribution in [0.15, 0.2) is 23.8 Å². The first-order valence-electron chi connectivity index (χ1n) is 3.67. The minimum Gasteiger partial charge on any atom is -0.378 e. The molecule has 0 aromatic carbocycles. The molecule has 4 nitrogen and oxygen atoms in total. The molecule has 1 rings (SSSR count). The summed E-state index contributed by atoms with van der Waals surface area (Å²) < 4.78 is 0. The topological polar surface area (TPSA) is 63.4 Å². The van der Waals surface area contributed by atoms with Crippen LogP contribution in [0.3, 0.4) is 0 Å². The zero-order valence-corrected chi connectivity index (χ0v) is 7.02. The van der Waals surface area contributed by atoms with E-state index < -0.39 is 16.6 Å². The molecule has 0 amide bonds. The molecule has 1 N–H and O–H groups in total. The molecule has 0 radical (unpaired) electrons. The summed E-state index contributed by atoms with van der Waals surface area (Å²) in [6, 6.07) is -1.03. The van der Waals surface area contributed by atoms with E-state index in [1.807, 2.05) is 0 Å². The van der Waals surface area contributed by atoms with Crippen LogP contribution in [-0.4, -0.2) is 21.7 Å². The zero-order valence-electron chi connectivity index (χ0n) is 7.02. The second-order valence-corrected chi connectivity index (χ2v) is 3.20. The fraction of sp³-hybridized carbons (Fsp3) is 0.500. The van der Waals surface area contributed by atoms with Crippen molar-refractivity contribution in [1.82, 2.24) is 0 Å². The van der Waals surface area contributed by atoms with Crippen molar-refractivity contribution in [3.05, 3.63) is 33.9 Å². The molecule has 1 aliphatic carbocycles. The van der Waals surface area contributed by atoms with E-state index in [9.17, 15) is 15.2 Å². The highest BCUT2D eigenvalue weighted by Gasteiger charge is 2.38. The van der Waals surface area contributed by atoms with E-state index in [-0.39, 0.29) is 0 Å². The number of hydrogen-bond acceptors (Lipinski definition) is 3. The van der Waals surface area contributed by atoms with Gasteiger partial charge in [0.25, 0.3) is 6.04 Å². The number of allylic oxidation sites excluding steroid dienone is 2. The lowest BCUT2D eigenvalue weighted by Crippen LogP contribution is -2.43. The van der Waals surface area contributed by atoms with E-state index in [2.05, 4.69) is 0 Å². The van der Waals surface area contributed by atoms with Crippen molar-refractivity contribution in [1.29, 1.82) is 0 Å². The third-order valence-corrected chi connectivity index (χ3v) is 1.93. The van der Waals surface area contributed by atoms with E-state index >= 15 is 0 Å². The Labute approximate surface area is 70.4 Å². The summed E-state index contributed by atoms with van der Waals surface area (Å²) in [4.78, 5) is 10.0. The maximum atomic E-state index is 10.5. The zero-order chi connectivity index (χ0) is 9.35. The lowest BCUT2D eigenvalue weighted by atomic mass is 9.90. The average molecular weight is 169 g/mol. The number of hydrogen-bond donors (Lipinski definition) is 1. The highest BCUT2D eigenvalue weighted by molar-refractivity contribution is 5.28. The SMILES string of the molecule is CC1=CC([N+](=O)[O-])C(C)(O)C=C1. The Morgan fingerprint density at radius 3 is 2.75 bits per heavy atom. The smallest absolute Gasteiger partial charge is 0.263 e. The Balaban J connectivity index is 2.98. The van der Waals surface area contributed by atoms with Crippen LogP contribution in [0.5, 0.6) is 0 Å². The molecule has 0 spiro atoms. The molecule has 0 saturated heterocycles. The maximum absolute atomic E-state index is 10.5. The van der Waals surface area contributed by atoms with Crippen molar-refractivity contribution >= 4 is 0 Å². The summed E-state index contributed by atoms with van der Waals surface area (Å²) >= 11 is 0. The highest BCUT2D eigenvalue weighted by Crippen LogP contribution is 2.22. The largest absolute Gasteiger partial charge is 0.378 e. The molecular weight excluding hydrogens is 158 g/mol. The molecule has 2 atom stereocenters. The summed E-state index contributed by atoms with van der Waals surface area (Å²) in [6.07, 6.45) is 4.59. The van der Waals surface area contributed by atoms with Gasteiger partial charge in [0.2, 0.25) is 0 Å². The Morgan fingerprint density at radius 1 is 1.75 bits per heavy atom. The molecule has 4 heteroatoms. The number of rotatable bonds is 1. The molecule has 66 valence electrons. The Kier molecular flexibility index (Phi) is 2.02. The van der Waals surface area contributed by atoms with Gasteiger partial charge in [-0.05, 0) is 31.6 Å². The Bertz CT molecular complexity index is 265. The van der Waals surface area contributed by atoms with Crippen LogP contribution in [0, 0.1) is 10.1 Å². The van der Waals surface area contributed by atoms with E-state index in [1.54, 1.807) is 13.0 Å². The van der Waals surface area contributed by atoms with Crippen molar-refractivity contribution in [2.75, 3.05) is 0 Å². The molecule has 1 aliphatic rings. The monoisotopic (exact) mass is 169 g/mol. The summed E-state index contributed by atoms with van der Waals surface area (Å²) in [7, 11) is 0. The Hall–Kier alpha value is -1.16. The van der Waals surface area contributed by atoms with Crippen LogP contribution in [0.25, 0.3) is 0 Å². The Morgan fingerprint density at radius 2 is 2.33 bits per heavy atom. The molecular formula is C8H11NO3. The summed E-state index contributed by atoms with van der Waals surface area (Å²) in [5.41, 5.74) is -0.550. The molecule has 0 fully saturated rings. The standard InChI is InChI=1S/C8H11NO3/c1-6-3-4-8(2,10)7(5-6)9(11)12/h3-5,7,10H,1-2H3. The molecule has 12 heavy (non-hydrogen) atoms. The van der Waals surface area contributed by atoms with Crippen LogP contribution < -0.4 is 0 Å². The lowest BCUT2D eigenvalue weighted by molar-refractivity contribution is -0.527. The molecule has 0 bridgehead atoms. The predicted octanol–water partition coefficient (Wildman–Crippen LogP) is 0.899. The van der Waals surface area contributed by atoms with Gasteiger partial charge in [-0.2, -0.15) is 0 Å². The van der Waals surface area contributed by atoms with Gasteiger partial charge in [-0.25, -0.2) is 0 Å². The first-order chi connectivity index (χ1) is 5.43. The normalized spacial score (nSPS) is 34.6. The molecule has 0 aromatic rings. The van der Waals surface area contributed by atoms with Gasteiger partial charge >= 0.3 is 0 Å². The number of nitro groups is 1. The van der Waals surface area contributed by atoms with Crippen LogP contribution >= 0.6 is 0 Å². The predicted molar refractivity (Wildman–Crippen MR) is 44.3 cm³/mol. The van der Waals surface area contributed by atoms with Gasteiger partial charge in [0.1, 0.15) is 0 Å². The van der Waals surface area contributed by atoms with E-state index in [4.69, 9.17) is 0 Å². The van der Waals surface area contributed by atoms with Gasteiger partial charge in [-0.1, -0.05) is 6.08 Å². The minimum absolute atomic E-state index is 0.479. The first kappa shape index (κ1) is 8.93. The van der Waals surface area contributed by atoms with Crippen LogP contribution in [0.1, 0.15) is 13.8 Å². The van der Waals surface area contributed by atoms with Gasteiger partial charge in [0.05, 0.1) is 0 Å². The number of aliphatic hydroxyl groups is 1. The lowest BCUT2D eigenvalue weighted by Gasteiger charge is -2.24. The fourth-order valence-electron chi connectivity index (χ4n) is 1.15. The molecule has 0 aromatic heterocycles. The van der Waals surface area contributed by atoms with Crippen molar-refractivity contribution < 1.29 is 10.0 Å².